The van der Waals surface area contributed by atoms with Crippen molar-refractivity contribution in [2.75, 3.05) is 39.3 Å². The molecule has 4 rings (SSSR count). The second-order valence-corrected chi connectivity index (χ2v) is 8.96. The summed E-state index contributed by atoms with van der Waals surface area (Å²) in [6.45, 7) is 8.81. The van der Waals surface area contributed by atoms with Crippen molar-refractivity contribution in [1.82, 2.24) is 14.7 Å². The van der Waals surface area contributed by atoms with Crippen LogP contribution in [-0.2, 0) is 4.79 Å². The average Bonchev–Trinajstić information content (AvgIpc) is 3.30. The third-order valence-corrected chi connectivity index (χ3v) is 7.16. The van der Waals surface area contributed by atoms with E-state index in [1.54, 1.807) is 0 Å². The fourth-order valence-electron chi connectivity index (χ4n) is 5.36. The summed E-state index contributed by atoms with van der Waals surface area (Å²) < 4.78 is 6.56. The molecular weight excluding hydrogens is 378 g/mol. The lowest BCUT2D eigenvalue weighted by Crippen LogP contribution is -2.54. The number of amides is 3. The van der Waals surface area contributed by atoms with Crippen molar-refractivity contribution in [1.29, 1.82) is 0 Å². The van der Waals surface area contributed by atoms with Gasteiger partial charge in [0.05, 0.1) is 0 Å². The van der Waals surface area contributed by atoms with E-state index >= 15 is 0 Å². The molecule has 1 spiro atoms. The monoisotopic (exact) mass is 413 g/mol. The second-order valence-electron chi connectivity index (χ2n) is 8.96. The van der Waals surface area contributed by atoms with Gasteiger partial charge in [0.25, 0.3) is 0 Å². The molecule has 0 bridgehead atoms. The highest BCUT2D eigenvalue weighted by Crippen LogP contribution is 2.46. The zero-order valence-corrected chi connectivity index (χ0v) is 18.4. The Kier molecular flexibility index (Phi) is 6.21. The van der Waals surface area contributed by atoms with Crippen LogP contribution in [0.1, 0.15) is 63.9 Å². The van der Waals surface area contributed by atoms with Crippen LogP contribution in [0, 0.1) is 0 Å². The van der Waals surface area contributed by atoms with Crippen LogP contribution in [-0.4, -0.2) is 71.5 Å². The van der Waals surface area contributed by atoms with Gasteiger partial charge in [0.1, 0.15) is 11.4 Å². The lowest BCUT2D eigenvalue weighted by Gasteiger charge is -2.47. The SMILES string of the molecule is CCN(CC)C(=O)C[C@H]1CC2(CCN(C(=O)N3CCCC3)CC2)Oc2ccccc21. The van der Waals surface area contributed by atoms with Crippen molar-refractivity contribution in [2.45, 2.75) is 63.9 Å². The highest BCUT2D eigenvalue weighted by molar-refractivity contribution is 5.77. The topological polar surface area (TPSA) is 53.1 Å². The van der Waals surface area contributed by atoms with Gasteiger partial charge in [-0.25, -0.2) is 4.79 Å². The molecule has 2 fully saturated rings. The molecule has 6 heteroatoms. The number of fused-ring (bicyclic) bond motifs is 1. The Morgan fingerprint density at radius 3 is 2.33 bits per heavy atom. The van der Waals surface area contributed by atoms with E-state index < -0.39 is 0 Å². The first-order valence-electron chi connectivity index (χ1n) is 11.6. The molecule has 164 valence electrons. The first kappa shape index (κ1) is 21.0. The van der Waals surface area contributed by atoms with Crippen LogP contribution in [0.25, 0.3) is 0 Å². The van der Waals surface area contributed by atoms with Gasteiger partial charge in [0, 0.05) is 64.4 Å². The van der Waals surface area contributed by atoms with Crippen LogP contribution in [0.5, 0.6) is 5.75 Å². The predicted octanol–water partition coefficient (Wildman–Crippen LogP) is 3.86. The van der Waals surface area contributed by atoms with E-state index in [1.165, 1.54) is 0 Å². The maximum absolute atomic E-state index is 12.9. The molecule has 0 saturated carbocycles. The normalized spacial score (nSPS) is 22.5. The number of ether oxygens (including phenoxy) is 1. The number of hydrogen-bond donors (Lipinski definition) is 0. The lowest BCUT2D eigenvalue weighted by atomic mass is 9.76. The van der Waals surface area contributed by atoms with E-state index in [9.17, 15) is 9.59 Å². The number of likely N-dealkylation sites (tertiary alicyclic amines) is 2. The van der Waals surface area contributed by atoms with E-state index in [0.29, 0.717) is 6.42 Å². The van der Waals surface area contributed by atoms with Gasteiger partial charge in [0.15, 0.2) is 0 Å². The standard InChI is InChI=1S/C24H35N3O3/c1-3-25(4-2)22(28)17-19-18-24(30-21-10-6-5-9-20(19)21)11-15-27(16-12-24)23(29)26-13-7-8-14-26/h5-6,9-10,19H,3-4,7-8,11-18H2,1-2H3/t19-/m0/s1. The molecule has 0 unspecified atom stereocenters. The fraction of sp³-hybridized carbons (Fsp3) is 0.667. The molecular formula is C24H35N3O3. The van der Waals surface area contributed by atoms with Gasteiger partial charge < -0.3 is 19.4 Å². The Labute approximate surface area is 180 Å². The van der Waals surface area contributed by atoms with Gasteiger partial charge in [-0.05, 0) is 44.7 Å². The minimum Gasteiger partial charge on any atom is -0.487 e. The van der Waals surface area contributed by atoms with Gasteiger partial charge in [0.2, 0.25) is 5.91 Å². The summed E-state index contributed by atoms with van der Waals surface area (Å²) in [5, 5.41) is 0. The molecule has 3 aliphatic heterocycles. The maximum Gasteiger partial charge on any atom is 0.320 e. The third-order valence-electron chi connectivity index (χ3n) is 7.16. The molecule has 1 atom stereocenters. The average molecular weight is 414 g/mol. The van der Waals surface area contributed by atoms with E-state index in [0.717, 1.165) is 82.7 Å². The number of carbonyl (C=O) groups excluding carboxylic acids is 2. The highest BCUT2D eigenvalue weighted by atomic mass is 16.5. The van der Waals surface area contributed by atoms with E-state index in [1.807, 2.05) is 46.7 Å². The van der Waals surface area contributed by atoms with Gasteiger partial charge in [-0.15, -0.1) is 0 Å². The minimum absolute atomic E-state index is 0.170. The number of urea groups is 1. The van der Waals surface area contributed by atoms with Gasteiger partial charge in [-0.2, -0.15) is 0 Å². The number of carbonyl (C=O) groups is 2. The molecule has 0 aromatic heterocycles. The maximum atomic E-state index is 12.9. The highest BCUT2D eigenvalue weighted by Gasteiger charge is 2.45. The van der Waals surface area contributed by atoms with Crippen LogP contribution in [0.3, 0.4) is 0 Å². The zero-order valence-electron chi connectivity index (χ0n) is 18.4. The summed E-state index contributed by atoms with van der Waals surface area (Å²) >= 11 is 0. The van der Waals surface area contributed by atoms with Crippen molar-refractivity contribution in [3.63, 3.8) is 0 Å². The molecule has 6 nitrogen and oxygen atoms in total. The number of rotatable bonds is 4. The first-order valence-corrected chi connectivity index (χ1v) is 11.6. The Hall–Kier alpha value is -2.24. The molecule has 0 aliphatic carbocycles. The van der Waals surface area contributed by atoms with E-state index in [2.05, 4.69) is 6.07 Å². The van der Waals surface area contributed by atoms with Crippen molar-refractivity contribution < 1.29 is 14.3 Å². The smallest absolute Gasteiger partial charge is 0.320 e. The number of para-hydroxylation sites is 1. The van der Waals surface area contributed by atoms with Crippen LogP contribution in [0.15, 0.2) is 24.3 Å². The quantitative estimate of drug-likeness (QED) is 0.753. The Morgan fingerprint density at radius 2 is 1.67 bits per heavy atom. The minimum atomic E-state index is -0.273. The number of piperidine rings is 1. The molecule has 0 radical (unpaired) electrons. The fourth-order valence-corrected chi connectivity index (χ4v) is 5.36. The van der Waals surface area contributed by atoms with Crippen LogP contribution >= 0.6 is 0 Å². The molecule has 1 aromatic rings. The van der Waals surface area contributed by atoms with E-state index in [4.69, 9.17) is 4.74 Å². The summed E-state index contributed by atoms with van der Waals surface area (Å²) in [4.78, 5) is 31.6. The second kappa shape index (κ2) is 8.86. The van der Waals surface area contributed by atoms with Crippen LogP contribution in [0.4, 0.5) is 4.79 Å². The van der Waals surface area contributed by atoms with Crippen molar-refractivity contribution in [3.8, 4) is 5.75 Å². The molecule has 3 amide bonds. The third kappa shape index (κ3) is 4.14. The molecule has 2 saturated heterocycles. The summed E-state index contributed by atoms with van der Waals surface area (Å²) in [6, 6.07) is 8.37. The number of nitrogens with zero attached hydrogens (tertiary/aromatic N) is 3. The van der Waals surface area contributed by atoms with Gasteiger partial charge >= 0.3 is 6.03 Å². The van der Waals surface area contributed by atoms with Crippen LogP contribution < -0.4 is 4.74 Å². The Morgan fingerprint density at radius 1 is 1.03 bits per heavy atom. The molecule has 3 heterocycles. The summed E-state index contributed by atoms with van der Waals surface area (Å²) in [5.41, 5.74) is 0.879. The predicted molar refractivity (Wildman–Crippen MR) is 117 cm³/mol. The molecule has 3 aliphatic rings. The summed E-state index contributed by atoms with van der Waals surface area (Å²) in [6.07, 6.45) is 5.27. The summed E-state index contributed by atoms with van der Waals surface area (Å²) in [7, 11) is 0. The van der Waals surface area contributed by atoms with Crippen LogP contribution in [0.2, 0.25) is 0 Å². The van der Waals surface area contributed by atoms with Crippen molar-refractivity contribution in [3.05, 3.63) is 29.8 Å². The molecule has 30 heavy (non-hydrogen) atoms. The first-order chi connectivity index (χ1) is 14.5. The lowest BCUT2D eigenvalue weighted by molar-refractivity contribution is -0.131. The summed E-state index contributed by atoms with van der Waals surface area (Å²) in [5.74, 6) is 1.31. The van der Waals surface area contributed by atoms with Crippen molar-refractivity contribution >= 4 is 11.9 Å². The van der Waals surface area contributed by atoms with Gasteiger partial charge in [-0.1, -0.05) is 18.2 Å². The number of benzene rings is 1. The Bertz CT molecular complexity index is 763. The Balaban J connectivity index is 1.47. The van der Waals surface area contributed by atoms with Gasteiger partial charge in [-0.3, -0.25) is 4.79 Å². The largest absolute Gasteiger partial charge is 0.487 e. The molecule has 0 N–H and O–H groups in total. The molecule has 1 aromatic carbocycles. The van der Waals surface area contributed by atoms with E-state index in [-0.39, 0.29) is 23.5 Å². The zero-order chi connectivity index (χ0) is 21.1. The number of hydrogen-bond acceptors (Lipinski definition) is 3. The van der Waals surface area contributed by atoms with Crippen molar-refractivity contribution in [2.24, 2.45) is 0 Å².